The SMILES string of the molecule is COc1cc(COCC(F)(F)C(F)F)ccc1C(=N)N. The average molecular weight is 294 g/mol. The van der Waals surface area contributed by atoms with E-state index in [1.54, 1.807) is 0 Å². The Morgan fingerprint density at radius 3 is 2.55 bits per heavy atom. The van der Waals surface area contributed by atoms with E-state index in [9.17, 15) is 17.6 Å². The van der Waals surface area contributed by atoms with Crippen LogP contribution in [0.4, 0.5) is 17.6 Å². The second-order valence-corrected chi connectivity index (χ2v) is 4.00. The number of alkyl halides is 4. The Morgan fingerprint density at radius 1 is 1.40 bits per heavy atom. The summed E-state index contributed by atoms with van der Waals surface area (Å²) in [5, 5.41) is 7.30. The lowest BCUT2D eigenvalue weighted by Gasteiger charge is -2.15. The fourth-order valence-electron chi connectivity index (χ4n) is 1.42. The van der Waals surface area contributed by atoms with E-state index in [-0.39, 0.29) is 18.2 Å². The first-order valence-electron chi connectivity index (χ1n) is 5.53. The Balaban J connectivity index is 2.68. The molecule has 0 aliphatic heterocycles. The number of amidine groups is 1. The second-order valence-electron chi connectivity index (χ2n) is 4.00. The number of hydrogen-bond donors (Lipinski definition) is 2. The number of nitrogens with one attached hydrogen (secondary N) is 1. The quantitative estimate of drug-likeness (QED) is 0.461. The van der Waals surface area contributed by atoms with Gasteiger partial charge in [-0.25, -0.2) is 8.78 Å². The third-order valence-corrected chi connectivity index (χ3v) is 2.44. The molecular formula is C12H14F4N2O2. The summed E-state index contributed by atoms with van der Waals surface area (Å²) in [6.07, 6.45) is -3.77. The fraction of sp³-hybridized carbons (Fsp3) is 0.417. The van der Waals surface area contributed by atoms with Gasteiger partial charge in [0.1, 0.15) is 18.2 Å². The third kappa shape index (κ3) is 4.09. The predicted octanol–water partition coefficient (Wildman–Crippen LogP) is 2.40. The van der Waals surface area contributed by atoms with Crippen molar-refractivity contribution in [2.24, 2.45) is 5.73 Å². The molecule has 0 atom stereocenters. The Morgan fingerprint density at radius 2 is 2.05 bits per heavy atom. The summed E-state index contributed by atoms with van der Waals surface area (Å²) in [6.45, 7) is -1.65. The van der Waals surface area contributed by atoms with Gasteiger partial charge in [-0.3, -0.25) is 5.41 Å². The van der Waals surface area contributed by atoms with E-state index in [2.05, 4.69) is 4.74 Å². The van der Waals surface area contributed by atoms with Gasteiger partial charge in [0.2, 0.25) is 0 Å². The highest BCUT2D eigenvalue weighted by Crippen LogP contribution is 2.24. The fourth-order valence-corrected chi connectivity index (χ4v) is 1.42. The zero-order chi connectivity index (χ0) is 15.3. The Kier molecular flexibility index (Phi) is 5.32. The van der Waals surface area contributed by atoms with Crippen molar-refractivity contribution in [1.82, 2.24) is 0 Å². The molecule has 0 spiro atoms. The van der Waals surface area contributed by atoms with Gasteiger partial charge in [-0.05, 0) is 17.7 Å². The van der Waals surface area contributed by atoms with Gasteiger partial charge in [0.15, 0.2) is 0 Å². The van der Waals surface area contributed by atoms with Gasteiger partial charge >= 0.3 is 12.3 Å². The van der Waals surface area contributed by atoms with Crippen molar-refractivity contribution in [1.29, 1.82) is 5.41 Å². The van der Waals surface area contributed by atoms with Gasteiger partial charge in [0.25, 0.3) is 0 Å². The minimum absolute atomic E-state index is 0.210. The molecule has 1 rings (SSSR count). The van der Waals surface area contributed by atoms with Crippen LogP contribution in [0.15, 0.2) is 18.2 Å². The highest BCUT2D eigenvalue weighted by Gasteiger charge is 2.40. The molecule has 0 aliphatic rings. The van der Waals surface area contributed by atoms with E-state index >= 15 is 0 Å². The number of methoxy groups -OCH3 is 1. The highest BCUT2D eigenvalue weighted by atomic mass is 19.3. The van der Waals surface area contributed by atoms with Crippen molar-refractivity contribution >= 4 is 5.84 Å². The van der Waals surface area contributed by atoms with Crippen molar-refractivity contribution in [3.05, 3.63) is 29.3 Å². The van der Waals surface area contributed by atoms with Crippen LogP contribution in [0.3, 0.4) is 0 Å². The monoisotopic (exact) mass is 294 g/mol. The molecule has 0 unspecified atom stereocenters. The lowest BCUT2D eigenvalue weighted by molar-refractivity contribution is -0.168. The maximum Gasteiger partial charge on any atom is 0.330 e. The largest absolute Gasteiger partial charge is 0.496 e. The van der Waals surface area contributed by atoms with Gasteiger partial charge in [0, 0.05) is 0 Å². The topological polar surface area (TPSA) is 68.3 Å². The Hall–Kier alpha value is -1.83. The molecule has 20 heavy (non-hydrogen) atoms. The average Bonchev–Trinajstić information content (AvgIpc) is 2.37. The minimum atomic E-state index is -4.18. The molecule has 1 aromatic rings. The van der Waals surface area contributed by atoms with Crippen molar-refractivity contribution in [3.8, 4) is 5.75 Å². The van der Waals surface area contributed by atoms with Crippen molar-refractivity contribution in [2.45, 2.75) is 19.0 Å². The molecule has 0 saturated heterocycles. The van der Waals surface area contributed by atoms with E-state index in [0.717, 1.165) is 0 Å². The molecule has 0 saturated carbocycles. The molecule has 3 N–H and O–H groups in total. The first-order valence-corrected chi connectivity index (χ1v) is 5.53. The van der Waals surface area contributed by atoms with E-state index < -0.39 is 19.0 Å². The van der Waals surface area contributed by atoms with Gasteiger partial charge in [0.05, 0.1) is 19.3 Å². The van der Waals surface area contributed by atoms with Crippen LogP contribution in [-0.2, 0) is 11.3 Å². The number of nitrogen functional groups attached to an aromatic ring is 1. The summed E-state index contributed by atoms with van der Waals surface area (Å²) in [4.78, 5) is 0. The molecule has 8 heteroatoms. The first kappa shape index (κ1) is 16.2. The molecular weight excluding hydrogens is 280 g/mol. The van der Waals surface area contributed by atoms with E-state index in [1.807, 2.05) is 0 Å². The van der Waals surface area contributed by atoms with Crippen LogP contribution in [0.5, 0.6) is 5.75 Å². The molecule has 0 radical (unpaired) electrons. The minimum Gasteiger partial charge on any atom is -0.496 e. The number of ether oxygens (including phenoxy) is 2. The van der Waals surface area contributed by atoms with E-state index in [1.165, 1.54) is 25.3 Å². The lowest BCUT2D eigenvalue weighted by Crippen LogP contribution is -2.32. The van der Waals surface area contributed by atoms with Crippen molar-refractivity contribution in [3.63, 3.8) is 0 Å². The van der Waals surface area contributed by atoms with Crippen LogP contribution in [0.1, 0.15) is 11.1 Å². The van der Waals surface area contributed by atoms with Gasteiger partial charge in [-0.1, -0.05) is 6.07 Å². The van der Waals surface area contributed by atoms with Crippen LogP contribution in [0, 0.1) is 5.41 Å². The molecule has 0 aromatic heterocycles. The molecule has 0 aliphatic carbocycles. The standard InChI is InChI=1S/C12H14F4N2O2/c1-19-9-4-7(2-3-8(9)10(17)18)5-20-6-12(15,16)11(13)14/h2-4,11H,5-6H2,1H3,(H3,17,18). The number of hydrogen-bond acceptors (Lipinski definition) is 3. The number of rotatable bonds is 7. The van der Waals surface area contributed by atoms with Crippen molar-refractivity contribution < 1.29 is 27.0 Å². The first-order chi connectivity index (χ1) is 9.27. The molecule has 0 amide bonds. The summed E-state index contributed by atoms with van der Waals surface area (Å²) >= 11 is 0. The second kappa shape index (κ2) is 6.56. The van der Waals surface area contributed by atoms with Gasteiger partial charge in [-0.2, -0.15) is 8.78 Å². The molecule has 4 nitrogen and oxygen atoms in total. The van der Waals surface area contributed by atoms with Gasteiger partial charge in [-0.15, -0.1) is 0 Å². The molecule has 0 fully saturated rings. The number of benzene rings is 1. The maximum atomic E-state index is 12.6. The smallest absolute Gasteiger partial charge is 0.330 e. The van der Waals surface area contributed by atoms with Crippen LogP contribution in [0.25, 0.3) is 0 Å². The summed E-state index contributed by atoms with van der Waals surface area (Å²) in [5.74, 6) is -4.11. The van der Waals surface area contributed by atoms with E-state index in [4.69, 9.17) is 15.9 Å². The molecule has 0 bridgehead atoms. The van der Waals surface area contributed by atoms with E-state index in [0.29, 0.717) is 11.1 Å². The normalized spacial score (nSPS) is 11.7. The lowest BCUT2D eigenvalue weighted by atomic mass is 10.1. The third-order valence-electron chi connectivity index (χ3n) is 2.44. The summed E-state index contributed by atoms with van der Waals surface area (Å²) in [6, 6.07) is 4.39. The summed E-state index contributed by atoms with van der Waals surface area (Å²) in [5.41, 5.74) is 6.10. The van der Waals surface area contributed by atoms with Crippen LogP contribution in [-0.4, -0.2) is 31.9 Å². The highest BCUT2D eigenvalue weighted by molar-refractivity contribution is 5.97. The van der Waals surface area contributed by atoms with Crippen molar-refractivity contribution in [2.75, 3.05) is 13.7 Å². The molecule has 112 valence electrons. The zero-order valence-corrected chi connectivity index (χ0v) is 10.6. The van der Waals surface area contributed by atoms with Crippen LogP contribution >= 0.6 is 0 Å². The van der Waals surface area contributed by atoms with Crippen LogP contribution in [0.2, 0.25) is 0 Å². The Bertz CT molecular complexity index is 481. The summed E-state index contributed by atoms with van der Waals surface area (Å²) < 4.78 is 58.6. The summed E-state index contributed by atoms with van der Waals surface area (Å²) in [7, 11) is 1.36. The molecule has 1 aromatic carbocycles. The Labute approximate surface area is 113 Å². The number of halogens is 4. The van der Waals surface area contributed by atoms with Gasteiger partial charge < -0.3 is 15.2 Å². The van der Waals surface area contributed by atoms with Crippen LogP contribution < -0.4 is 10.5 Å². The molecule has 0 heterocycles. The predicted molar refractivity (Wildman–Crippen MR) is 64.6 cm³/mol. The number of nitrogens with two attached hydrogens (primary N) is 1. The zero-order valence-electron chi connectivity index (χ0n) is 10.6. The maximum absolute atomic E-state index is 12.6.